The summed E-state index contributed by atoms with van der Waals surface area (Å²) in [6, 6.07) is 13.6. The lowest BCUT2D eigenvalue weighted by Crippen LogP contribution is -2.30. The zero-order valence-electron chi connectivity index (χ0n) is 13.7. The minimum atomic E-state index is -0.266. The summed E-state index contributed by atoms with van der Waals surface area (Å²) in [4.78, 5) is 13.7. The molecule has 0 spiro atoms. The Morgan fingerprint density at radius 2 is 1.84 bits per heavy atom. The predicted octanol–water partition coefficient (Wildman–Crippen LogP) is 3.48. The molecule has 1 amide bonds. The third-order valence-corrected chi connectivity index (χ3v) is 4.11. The Labute approximate surface area is 150 Å². The summed E-state index contributed by atoms with van der Waals surface area (Å²) in [6.45, 7) is 2.78. The summed E-state index contributed by atoms with van der Waals surface area (Å²) in [5.74, 6) is 0.310. The van der Waals surface area contributed by atoms with Gasteiger partial charge in [-0.05, 0) is 60.6 Å². The smallest absolute Gasteiger partial charge is 0.276 e. The highest BCUT2D eigenvalue weighted by atomic mass is 32.1. The highest BCUT2D eigenvalue weighted by molar-refractivity contribution is 7.80. The number of benzene rings is 2. The molecule has 1 N–H and O–H groups in total. The van der Waals surface area contributed by atoms with E-state index in [0.717, 1.165) is 11.1 Å². The van der Waals surface area contributed by atoms with Crippen LogP contribution in [0.15, 0.2) is 54.2 Å². The number of nitrogens with zero attached hydrogens (tertiary/aromatic N) is 1. The number of likely N-dealkylation sites (N-methyl/N-ethyl adjacent to an activating group) is 1. The standard InChI is InChI=1S/C19H17FN2O2S/c1-2-22-18(23)17(21-19(22)25)11-13-5-9-16(10-6-13)24-12-14-3-7-15(20)8-4-14/h3-11H,2,12H2,1H3,(H,21,25)/b17-11-. The lowest BCUT2D eigenvalue weighted by Gasteiger charge is -2.08. The number of hydrogen-bond acceptors (Lipinski definition) is 3. The average Bonchev–Trinajstić information content (AvgIpc) is 2.88. The molecule has 1 heterocycles. The van der Waals surface area contributed by atoms with Gasteiger partial charge in [0.2, 0.25) is 0 Å². The minimum absolute atomic E-state index is 0.121. The Hall–Kier alpha value is -2.73. The molecule has 0 saturated carbocycles. The molecule has 4 nitrogen and oxygen atoms in total. The zero-order valence-corrected chi connectivity index (χ0v) is 14.5. The van der Waals surface area contributed by atoms with Gasteiger partial charge in [0, 0.05) is 6.54 Å². The van der Waals surface area contributed by atoms with Gasteiger partial charge >= 0.3 is 0 Å². The fourth-order valence-electron chi connectivity index (χ4n) is 2.43. The van der Waals surface area contributed by atoms with Crippen LogP contribution in [0, 0.1) is 5.82 Å². The fraction of sp³-hybridized carbons (Fsp3) is 0.158. The Morgan fingerprint density at radius 3 is 2.44 bits per heavy atom. The molecule has 1 aliphatic heterocycles. The summed E-state index contributed by atoms with van der Waals surface area (Å²) in [5, 5.41) is 3.35. The van der Waals surface area contributed by atoms with Gasteiger partial charge in [-0.1, -0.05) is 24.3 Å². The number of carbonyl (C=O) groups excluding carboxylic acids is 1. The molecule has 1 fully saturated rings. The predicted molar refractivity (Wildman–Crippen MR) is 98.3 cm³/mol. The van der Waals surface area contributed by atoms with Crippen molar-refractivity contribution < 1.29 is 13.9 Å². The molecule has 6 heteroatoms. The Morgan fingerprint density at radius 1 is 1.16 bits per heavy atom. The topological polar surface area (TPSA) is 41.6 Å². The monoisotopic (exact) mass is 356 g/mol. The van der Waals surface area contributed by atoms with Crippen molar-refractivity contribution in [2.75, 3.05) is 6.54 Å². The van der Waals surface area contributed by atoms with Crippen LogP contribution in [-0.2, 0) is 11.4 Å². The maximum Gasteiger partial charge on any atom is 0.276 e. The second-order valence-corrected chi connectivity index (χ2v) is 5.91. The van der Waals surface area contributed by atoms with E-state index in [9.17, 15) is 9.18 Å². The first kappa shape index (κ1) is 17.1. The van der Waals surface area contributed by atoms with Crippen molar-refractivity contribution in [1.29, 1.82) is 0 Å². The first-order chi connectivity index (χ1) is 12.1. The lowest BCUT2D eigenvalue weighted by molar-refractivity contribution is -0.122. The van der Waals surface area contributed by atoms with Gasteiger partial charge in [-0.3, -0.25) is 9.69 Å². The number of thiocarbonyl (C=S) groups is 1. The van der Waals surface area contributed by atoms with Crippen molar-refractivity contribution in [2.45, 2.75) is 13.5 Å². The molecule has 0 atom stereocenters. The second kappa shape index (κ2) is 7.44. The van der Waals surface area contributed by atoms with Crippen molar-refractivity contribution in [3.8, 4) is 5.75 Å². The van der Waals surface area contributed by atoms with Crippen LogP contribution in [-0.4, -0.2) is 22.5 Å². The molecule has 0 unspecified atom stereocenters. The number of halogens is 1. The molecular formula is C19H17FN2O2S. The zero-order chi connectivity index (χ0) is 17.8. The van der Waals surface area contributed by atoms with Gasteiger partial charge in [0.15, 0.2) is 5.11 Å². The van der Waals surface area contributed by atoms with Gasteiger partial charge in [-0.15, -0.1) is 0 Å². The van der Waals surface area contributed by atoms with Gasteiger partial charge in [0.25, 0.3) is 5.91 Å². The van der Waals surface area contributed by atoms with E-state index >= 15 is 0 Å². The van der Waals surface area contributed by atoms with Crippen LogP contribution < -0.4 is 10.1 Å². The van der Waals surface area contributed by atoms with Crippen LogP contribution >= 0.6 is 12.2 Å². The van der Waals surface area contributed by atoms with Gasteiger partial charge in [-0.2, -0.15) is 0 Å². The first-order valence-corrected chi connectivity index (χ1v) is 8.29. The molecule has 2 aromatic rings. The number of rotatable bonds is 5. The quantitative estimate of drug-likeness (QED) is 0.658. The average molecular weight is 356 g/mol. The lowest BCUT2D eigenvalue weighted by atomic mass is 10.2. The number of nitrogens with one attached hydrogen (secondary N) is 1. The van der Waals surface area contributed by atoms with E-state index in [0.29, 0.717) is 29.7 Å². The Bertz CT molecular complexity index is 816. The molecule has 0 radical (unpaired) electrons. The SMILES string of the molecule is CCN1C(=O)/C(=C/c2ccc(OCc3ccc(F)cc3)cc2)NC1=S. The van der Waals surface area contributed by atoms with Crippen molar-refractivity contribution in [3.63, 3.8) is 0 Å². The summed E-state index contributed by atoms with van der Waals surface area (Å²) in [6.07, 6.45) is 1.76. The van der Waals surface area contributed by atoms with Crippen LogP contribution in [0.4, 0.5) is 4.39 Å². The third kappa shape index (κ3) is 4.03. The van der Waals surface area contributed by atoms with E-state index in [2.05, 4.69) is 5.32 Å². The summed E-state index contributed by atoms with van der Waals surface area (Å²) < 4.78 is 18.5. The molecule has 1 aliphatic rings. The number of carbonyl (C=O) groups is 1. The maximum atomic E-state index is 12.9. The van der Waals surface area contributed by atoms with Gasteiger partial charge in [-0.25, -0.2) is 4.39 Å². The van der Waals surface area contributed by atoms with Crippen molar-refractivity contribution >= 4 is 29.3 Å². The van der Waals surface area contributed by atoms with E-state index in [4.69, 9.17) is 17.0 Å². The molecule has 25 heavy (non-hydrogen) atoms. The second-order valence-electron chi connectivity index (χ2n) is 5.52. The molecule has 0 aromatic heterocycles. The minimum Gasteiger partial charge on any atom is -0.489 e. The Kier molecular flexibility index (Phi) is 5.09. The van der Waals surface area contributed by atoms with E-state index < -0.39 is 0 Å². The first-order valence-electron chi connectivity index (χ1n) is 7.88. The molecule has 3 rings (SSSR count). The normalized spacial score (nSPS) is 15.6. The maximum absolute atomic E-state index is 12.9. The molecule has 0 bridgehead atoms. The summed E-state index contributed by atoms with van der Waals surface area (Å²) in [7, 11) is 0. The number of hydrogen-bond donors (Lipinski definition) is 1. The van der Waals surface area contributed by atoms with Crippen LogP contribution in [0.2, 0.25) is 0 Å². The van der Waals surface area contributed by atoms with Crippen LogP contribution in [0.1, 0.15) is 18.1 Å². The highest BCUT2D eigenvalue weighted by Crippen LogP contribution is 2.18. The Balaban J connectivity index is 1.64. The fourth-order valence-corrected chi connectivity index (χ4v) is 2.76. The van der Waals surface area contributed by atoms with E-state index in [-0.39, 0.29) is 11.7 Å². The molecular weight excluding hydrogens is 339 g/mol. The van der Waals surface area contributed by atoms with Crippen LogP contribution in [0.25, 0.3) is 6.08 Å². The number of amides is 1. The largest absolute Gasteiger partial charge is 0.489 e. The third-order valence-electron chi connectivity index (χ3n) is 3.79. The van der Waals surface area contributed by atoms with Crippen LogP contribution in [0.5, 0.6) is 5.75 Å². The van der Waals surface area contributed by atoms with Gasteiger partial charge in [0.1, 0.15) is 23.9 Å². The molecule has 128 valence electrons. The van der Waals surface area contributed by atoms with E-state index in [1.807, 2.05) is 31.2 Å². The van der Waals surface area contributed by atoms with E-state index in [1.165, 1.54) is 17.0 Å². The molecule has 0 aliphatic carbocycles. The molecule has 2 aromatic carbocycles. The summed E-state index contributed by atoms with van der Waals surface area (Å²) in [5.41, 5.74) is 2.22. The molecule has 1 saturated heterocycles. The van der Waals surface area contributed by atoms with Gasteiger partial charge < -0.3 is 10.1 Å². The summed E-state index contributed by atoms with van der Waals surface area (Å²) >= 11 is 5.13. The van der Waals surface area contributed by atoms with Crippen molar-refractivity contribution in [2.24, 2.45) is 0 Å². The highest BCUT2D eigenvalue weighted by Gasteiger charge is 2.28. The van der Waals surface area contributed by atoms with Crippen molar-refractivity contribution in [1.82, 2.24) is 10.2 Å². The van der Waals surface area contributed by atoms with Crippen LogP contribution in [0.3, 0.4) is 0 Å². The number of ether oxygens (including phenoxy) is 1. The van der Waals surface area contributed by atoms with E-state index in [1.54, 1.807) is 18.2 Å². The van der Waals surface area contributed by atoms with Gasteiger partial charge in [0.05, 0.1) is 0 Å². The van der Waals surface area contributed by atoms with Crippen molar-refractivity contribution in [3.05, 3.63) is 71.2 Å².